The van der Waals surface area contributed by atoms with E-state index in [2.05, 4.69) is 26.0 Å². The zero-order chi connectivity index (χ0) is 16.6. The van der Waals surface area contributed by atoms with E-state index in [1.165, 1.54) is 19.3 Å². The van der Waals surface area contributed by atoms with E-state index >= 15 is 0 Å². The molecule has 0 aromatic carbocycles. The largest absolute Gasteiger partial charge is 0.481 e. The smallest absolute Gasteiger partial charge is 0.303 e. The van der Waals surface area contributed by atoms with Crippen molar-refractivity contribution in [1.29, 1.82) is 0 Å². The molecule has 130 valence electrons. The summed E-state index contributed by atoms with van der Waals surface area (Å²) in [6.45, 7) is 4.44. The van der Waals surface area contributed by atoms with E-state index in [0.717, 1.165) is 51.4 Å². The lowest BCUT2D eigenvalue weighted by Crippen LogP contribution is -2.04. The van der Waals surface area contributed by atoms with Crippen LogP contribution in [0.3, 0.4) is 0 Å². The Morgan fingerprint density at radius 3 is 2.27 bits per heavy atom. The van der Waals surface area contributed by atoms with Crippen molar-refractivity contribution in [3.05, 3.63) is 12.2 Å². The summed E-state index contributed by atoms with van der Waals surface area (Å²) in [5.74, 6) is -0.0491. The van der Waals surface area contributed by atoms with Gasteiger partial charge in [0.05, 0.1) is 6.10 Å². The maximum atomic E-state index is 10.4. The summed E-state index contributed by atoms with van der Waals surface area (Å²) in [5, 5.41) is 18.4. The third kappa shape index (κ3) is 15.6. The molecular formula is C19H36O3. The third-order valence-corrected chi connectivity index (χ3v) is 4.09. The van der Waals surface area contributed by atoms with Gasteiger partial charge in [-0.05, 0) is 31.6 Å². The molecule has 22 heavy (non-hydrogen) atoms. The molecule has 0 heterocycles. The van der Waals surface area contributed by atoms with Gasteiger partial charge in [0, 0.05) is 6.42 Å². The van der Waals surface area contributed by atoms with Crippen LogP contribution in [0.5, 0.6) is 0 Å². The fourth-order valence-corrected chi connectivity index (χ4v) is 2.57. The Morgan fingerprint density at radius 2 is 1.59 bits per heavy atom. The molecule has 1 unspecified atom stereocenters. The van der Waals surface area contributed by atoms with Crippen LogP contribution >= 0.6 is 0 Å². The van der Waals surface area contributed by atoms with E-state index in [0.29, 0.717) is 12.3 Å². The molecule has 0 fully saturated rings. The van der Waals surface area contributed by atoms with E-state index in [1.807, 2.05) is 0 Å². The Labute approximate surface area is 136 Å². The second-order valence-corrected chi connectivity index (χ2v) is 6.54. The van der Waals surface area contributed by atoms with Crippen molar-refractivity contribution in [1.82, 2.24) is 0 Å². The van der Waals surface area contributed by atoms with Crippen LogP contribution in [0.2, 0.25) is 0 Å². The molecular weight excluding hydrogens is 276 g/mol. The van der Waals surface area contributed by atoms with Crippen molar-refractivity contribution >= 4 is 5.97 Å². The number of carboxylic acid groups (broad SMARTS) is 1. The molecule has 3 heteroatoms. The van der Waals surface area contributed by atoms with Crippen LogP contribution in [0.15, 0.2) is 12.2 Å². The maximum Gasteiger partial charge on any atom is 0.303 e. The van der Waals surface area contributed by atoms with E-state index in [9.17, 15) is 9.90 Å². The highest BCUT2D eigenvalue weighted by Gasteiger charge is 2.03. The number of hydrogen-bond acceptors (Lipinski definition) is 2. The van der Waals surface area contributed by atoms with Crippen LogP contribution in [-0.4, -0.2) is 22.3 Å². The van der Waals surface area contributed by atoms with Crippen LogP contribution in [0.25, 0.3) is 0 Å². The van der Waals surface area contributed by atoms with Gasteiger partial charge >= 0.3 is 5.97 Å². The predicted octanol–water partition coefficient (Wildman–Crippen LogP) is 5.33. The van der Waals surface area contributed by atoms with Gasteiger partial charge in [-0.15, -0.1) is 0 Å². The minimum Gasteiger partial charge on any atom is -0.481 e. The highest BCUT2D eigenvalue weighted by molar-refractivity contribution is 5.66. The number of allylic oxidation sites excluding steroid dienone is 1. The van der Waals surface area contributed by atoms with Crippen molar-refractivity contribution in [3.8, 4) is 0 Å². The van der Waals surface area contributed by atoms with Crippen LogP contribution in [0, 0.1) is 5.92 Å². The number of carboxylic acids is 1. The second-order valence-electron chi connectivity index (χ2n) is 6.54. The summed E-state index contributed by atoms with van der Waals surface area (Å²) in [6.07, 6.45) is 16.1. The monoisotopic (exact) mass is 312 g/mol. The van der Waals surface area contributed by atoms with Gasteiger partial charge in [-0.25, -0.2) is 0 Å². The third-order valence-electron chi connectivity index (χ3n) is 4.09. The fourth-order valence-electron chi connectivity index (χ4n) is 2.57. The van der Waals surface area contributed by atoms with Crippen molar-refractivity contribution < 1.29 is 15.0 Å². The molecule has 0 aliphatic carbocycles. The minimum atomic E-state index is -0.691. The van der Waals surface area contributed by atoms with Crippen LogP contribution in [0.1, 0.15) is 90.9 Å². The van der Waals surface area contributed by atoms with Gasteiger partial charge in [0.2, 0.25) is 0 Å². The number of carbonyl (C=O) groups is 1. The normalized spacial score (nSPS) is 14.3. The lowest BCUT2D eigenvalue weighted by Gasteiger charge is -2.09. The first-order valence-corrected chi connectivity index (χ1v) is 9.11. The number of rotatable bonds is 15. The molecule has 0 aliphatic heterocycles. The minimum absolute atomic E-state index is 0.181. The van der Waals surface area contributed by atoms with Gasteiger partial charge in [-0.2, -0.15) is 0 Å². The molecule has 2 N–H and O–H groups in total. The van der Waals surface area contributed by atoms with Gasteiger partial charge in [-0.3, -0.25) is 4.79 Å². The number of unbranched alkanes of at least 4 members (excludes halogenated alkanes) is 5. The summed E-state index contributed by atoms with van der Waals surface area (Å²) in [6, 6.07) is 0. The van der Waals surface area contributed by atoms with Gasteiger partial charge in [0.1, 0.15) is 0 Å². The summed E-state index contributed by atoms with van der Waals surface area (Å²) in [5.41, 5.74) is 0. The SMILES string of the molecule is CCCCCC[C@@H](O)CC=CCC(C)CCCCCC(=O)O. The van der Waals surface area contributed by atoms with E-state index in [-0.39, 0.29) is 6.10 Å². The second kappa shape index (κ2) is 15.1. The summed E-state index contributed by atoms with van der Waals surface area (Å²) < 4.78 is 0. The number of aliphatic hydroxyl groups excluding tert-OH is 1. The summed E-state index contributed by atoms with van der Waals surface area (Å²) >= 11 is 0. The number of hydrogen-bond donors (Lipinski definition) is 2. The molecule has 0 aromatic heterocycles. The van der Waals surface area contributed by atoms with Crippen molar-refractivity contribution in [2.45, 2.75) is 97.0 Å². The standard InChI is InChI=1S/C19H36O3/c1-3-4-5-8-14-18(20)15-11-10-13-17(2)12-7-6-9-16-19(21)22/h10-11,17-18,20H,3-9,12-16H2,1-2H3,(H,21,22)/t17?,18-/m1/s1. The topological polar surface area (TPSA) is 57.5 Å². The molecule has 0 spiro atoms. The van der Waals surface area contributed by atoms with Gasteiger partial charge < -0.3 is 10.2 Å². The highest BCUT2D eigenvalue weighted by atomic mass is 16.4. The van der Waals surface area contributed by atoms with Crippen molar-refractivity contribution in [2.75, 3.05) is 0 Å². The quantitative estimate of drug-likeness (QED) is 0.317. The van der Waals surface area contributed by atoms with E-state index in [4.69, 9.17) is 5.11 Å². The Morgan fingerprint density at radius 1 is 0.955 bits per heavy atom. The Balaban J connectivity index is 3.48. The Bertz CT molecular complexity index is 286. The molecule has 0 rings (SSSR count). The molecule has 0 saturated carbocycles. The molecule has 0 bridgehead atoms. The molecule has 0 saturated heterocycles. The Kier molecular flexibility index (Phi) is 14.5. The predicted molar refractivity (Wildman–Crippen MR) is 93.0 cm³/mol. The number of aliphatic carboxylic acids is 1. The summed E-state index contributed by atoms with van der Waals surface area (Å²) in [7, 11) is 0. The van der Waals surface area contributed by atoms with Crippen LogP contribution in [-0.2, 0) is 4.79 Å². The zero-order valence-corrected chi connectivity index (χ0v) is 14.6. The highest BCUT2D eigenvalue weighted by Crippen LogP contribution is 2.15. The average Bonchev–Trinajstić information content (AvgIpc) is 2.47. The molecule has 3 nitrogen and oxygen atoms in total. The summed E-state index contributed by atoms with van der Waals surface area (Å²) in [4.78, 5) is 10.4. The lowest BCUT2D eigenvalue weighted by molar-refractivity contribution is -0.137. The van der Waals surface area contributed by atoms with Gasteiger partial charge in [0.25, 0.3) is 0 Å². The average molecular weight is 312 g/mol. The van der Waals surface area contributed by atoms with Gasteiger partial charge in [0.15, 0.2) is 0 Å². The van der Waals surface area contributed by atoms with Crippen molar-refractivity contribution in [3.63, 3.8) is 0 Å². The van der Waals surface area contributed by atoms with Crippen molar-refractivity contribution in [2.24, 2.45) is 5.92 Å². The first kappa shape index (κ1) is 21.2. The molecule has 0 amide bonds. The molecule has 0 radical (unpaired) electrons. The molecule has 2 atom stereocenters. The molecule has 0 aromatic rings. The fraction of sp³-hybridized carbons (Fsp3) is 0.842. The van der Waals surface area contributed by atoms with E-state index in [1.54, 1.807) is 0 Å². The molecule has 0 aliphatic rings. The lowest BCUT2D eigenvalue weighted by atomic mass is 9.98. The van der Waals surface area contributed by atoms with E-state index < -0.39 is 5.97 Å². The first-order chi connectivity index (χ1) is 10.6. The van der Waals surface area contributed by atoms with Crippen LogP contribution in [0.4, 0.5) is 0 Å². The number of aliphatic hydroxyl groups is 1. The Hall–Kier alpha value is -0.830. The van der Waals surface area contributed by atoms with Crippen LogP contribution < -0.4 is 0 Å². The zero-order valence-electron chi connectivity index (χ0n) is 14.6. The first-order valence-electron chi connectivity index (χ1n) is 9.11. The maximum absolute atomic E-state index is 10.4. The van der Waals surface area contributed by atoms with Gasteiger partial charge in [-0.1, -0.05) is 70.9 Å².